The summed E-state index contributed by atoms with van der Waals surface area (Å²) in [6, 6.07) is 2.32. The summed E-state index contributed by atoms with van der Waals surface area (Å²) < 4.78 is 0. The fourth-order valence-electron chi connectivity index (χ4n) is 1.71. The molecule has 1 fully saturated rings. The number of aromatic nitrogens is 2. The lowest BCUT2D eigenvalue weighted by Crippen LogP contribution is -2.28. The zero-order valence-electron chi connectivity index (χ0n) is 7.95. The third kappa shape index (κ3) is 2.04. The van der Waals surface area contributed by atoms with Crippen LogP contribution in [0.1, 0.15) is 36.8 Å². The lowest BCUT2D eigenvalue weighted by molar-refractivity contribution is 0.396. The van der Waals surface area contributed by atoms with Crippen molar-refractivity contribution in [2.24, 2.45) is 0 Å². The molecule has 3 heteroatoms. The SMILES string of the molecule is Cc1ccnc([C@H]2CCCCN2)n1. The van der Waals surface area contributed by atoms with E-state index in [0.717, 1.165) is 18.1 Å². The highest BCUT2D eigenvalue weighted by Gasteiger charge is 2.16. The molecule has 0 spiro atoms. The number of aryl methyl sites for hydroxylation is 1. The minimum Gasteiger partial charge on any atom is -0.307 e. The Morgan fingerprint density at radius 3 is 3.08 bits per heavy atom. The molecule has 0 aliphatic carbocycles. The smallest absolute Gasteiger partial charge is 0.145 e. The minimum atomic E-state index is 0.383. The average Bonchev–Trinajstić information content (AvgIpc) is 2.19. The van der Waals surface area contributed by atoms with Gasteiger partial charge in [0.05, 0.1) is 6.04 Å². The summed E-state index contributed by atoms with van der Waals surface area (Å²) in [5, 5.41) is 3.44. The average molecular weight is 177 g/mol. The van der Waals surface area contributed by atoms with E-state index < -0.39 is 0 Å². The van der Waals surface area contributed by atoms with E-state index >= 15 is 0 Å². The van der Waals surface area contributed by atoms with Crippen molar-refractivity contribution in [2.75, 3.05) is 6.54 Å². The molecule has 13 heavy (non-hydrogen) atoms. The van der Waals surface area contributed by atoms with Crippen LogP contribution in [0, 0.1) is 6.92 Å². The first-order chi connectivity index (χ1) is 6.36. The predicted octanol–water partition coefficient (Wildman–Crippen LogP) is 1.60. The van der Waals surface area contributed by atoms with Crippen LogP contribution in [0.4, 0.5) is 0 Å². The Kier molecular flexibility index (Phi) is 2.54. The van der Waals surface area contributed by atoms with Gasteiger partial charge in [0.15, 0.2) is 0 Å². The molecule has 0 radical (unpaired) electrons. The first kappa shape index (κ1) is 8.63. The number of nitrogens with one attached hydrogen (secondary N) is 1. The van der Waals surface area contributed by atoms with E-state index in [-0.39, 0.29) is 0 Å². The lowest BCUT2D eigenvalue weighted by Gasteiger charge is -2.21. The second-order valence-corrected chi connectivity index (χ2v) is 3.56. The molecule has 1 aliphatic rings. The van der Waals surface area contributed by atoms with Gasteiger partial charge in [-0.1, -0.05) is 6.42 Å². The Labute approximate surface area is 78.6 Å². The van der Waals surface area contributed by atoms with Crippen molar-refractivity contribution in [1.82, 2.24) is 15.3 Å². The molecule has 1 aliphatic heterocycles. The van der Waals surface area contributed by atoms with Gasteiger partial charge in [0.25, 0.3) is 0 Å². The van der Waals surface area contributed by atoms with Gasteiger partial charge in [-0.05, 0) is 32.4 Å². The van der Waals surface area contributed by atoms with Gasteiger partial charge >= 0.3 is 0 Å². The monoisotopic (exact) mass is 177 g/mol. The fraction of sp³-hybridized carbons (Fsp3) is 0.600. The third-order valence-corrected chi connectivity index (χ3v) is 2.44. The molecule has 2 rings (SSSR count). The molecular formula is C10H15N3. The molecule has 1 saturated heterocycles. The van der Waals surface area contributed by atoms with Crippen molar-refractivity contribution in [3.05, 3.63) is 23.8 Å². The molecule has 2 heterocycles. The van der Waals surface area contributed by atoms with Gasteiger partial charge < -0.3 is 5.32 Å². The van der Waals surface area contributed by atoms with Gasteiger partial charge in [0.2, 0.25) is 0 Å². The Morgan fingerprint density at radius 2 is 2.38 bits per heavy atom. The quantitative estimate of drug-likeness (QED) is 0.708. The van der Waals surface area contributed by atoms with E-state index in [1.807, 2.05) is 19.2 Å². The summed E-state index contributed by atoms with van der Waals surface area (Å²) in [6.45, 7) is 3.11. The molecule has 1 atom stereocenters. The largest absolute Gasteiger partial charge is 0.307 e. The van der Waals surface area contributed by atoms with E-state index in [4.69, 9.17) is 0 Å². The van der Waals surface area contributed by atoms with Crippen LogP contribution in [-0.2, 0) is 0 Å². The first-order valence-corrected chi connectivity index (χ1v) is 4.89. The number of hydrogen-bond acceptors (Lipinski definition) is 3. The maximum absolute atomic E-state index is 4.42. The van der Waals surface area contributed by atoms with Crippen molar-refractivity contribution in [1.29, 1.82) is 0 Å². The molecule has 3 nitrogen and oxygen atoms in total. The zero-order valence-corrected chi connectivity index (χ0v) is 7.95. The van der Waals surface area contributed by atoms with Crippen molar-refractivity contribution in [2.45, 2.75) is 32.2 Å². The number of piperidine rings is 1. The molecule has 70 valence electrons. The molecule has 1 aromatic heterocycles. The second-order valence-electron chi connectivity index (χ2n) is 3.56. The van der Waals surface area contributed by atoms with E-state index in [1.165, 1.54) is 19.3 Å². The van der Waals surface area contributed by atoms with Crippen LogP contribution >= 0.6 is 0 Å². The highest BCUT2D eigenvalue weighted by Crippen LogP contribution is 2.19. The van der Waals surface area contributed by atoms with Crippen LogP contribution < -0.4 is 5.32 Å². The van der Waals surface area contributed by atoms with Crippen molar-refractivity contribution in [3.8, 4) is 0 Å². The summed E-state index contributed by atoms with van der Waals surface area (Å²) >= 11 is 0. The van der Waals surface area contributed by atoms with Crippen molar-refractivity contribution >= 4 is 0 Å². The zero-order chi connectivity index (χ0) is 9.10. The van der Waals surface area contributed by atoms with Crippen LogP contribution in [-0.4, -0.2) is 16.5 Å². The highest BCUT2D eigenvalue weighted by molar-refractivity contribution is 5.03. The molecule has 0 saturated carbocycles. The molecular weight excluding hydrogens is 162 g/mol. The van der Waals surface area contributed by atoms with Gasteiger partial charge in [0, 0.05) is 11.9 Å². The Bertz CT molecular complexity index is 279. The number of nitrogens with zero attached hydrogens (tertiary/aromatic N) is 2. The molecule has 1 N–H and O–H groups in total. The molecule has 0 bridgehead atoms. The van der Waals surface area contributed by atoms with E-state index in [0.29, 0.717) is 6.04 Å². The summed E-state index contributed by atoms with van der Waals surface area (Å²) in [4.78, 5) is 8.71. The maximum atomic E-state index is 4.42. The van der Waals surface area contributed by atoms with Crippen molar-refractivity contribution < 1.29 is 0 Å². The predicted molar refractivity (Wildman–Crippen MR) is 51.4 cm³/mol. The maximum Gasteiger partial charge on any atom is 0.145 e. The van der Waals surface area contributed by atoms with Crippen LogP contribution in [0.25, 0.3) is 0 Å². The minimum absolute atomic E-state index is 0.383. The topological polar surface area (TPSA) is 37.8 Å². The van der Waals surface area contributed by atoms with Gasteiger partial charge in [0.1, 0.15) is 5.82 Å². The molecule has 0 aromatic carbocycles. The Balaban J connectivity index is 2.14. The second kappa shape index (κ2) is 3.83. The highest BCUT2D eigenvalue weighted by atomic mass is 15.0. The van der Waals surface area contributed by atoms with Crippen LogP contribution in [0.2, 0.25) is 0 Å². The van der Waals surface area contributed by atoms with Gasteiger partial charge in [-0.2, -0.15) is 0 Å². The van der Waals surface area contributed by atoms with Crippen molar-refractivity contribution in [3.63, 3.8) is 0 Å². The standard InChI is InChI=1S/C10H15N3/c1-8-5-7-12-10(13-8)9-4-2-3-6-11-9/h5,7,9,11H,2-4,6H2,1H3/t9-/m1/s1. The number of rotatable bonds is 1. The summed E-state index contributed by atoms with van der Waals surface area (Å²) in [7, 11) is 0. The summed E-state index contributed by atoms with van der Waals surface area (Å²) in [5.41, 5.74) is 1.05. The van der Waals surface area contributed by atoms with Gasteiger partial charge in [-0.25, -0.2) is 9.97 Å². The van der Waals surface area contributed by atoms with Crippen LogP contribution in [0.5, 0.6) is 0 Å². The summed E-state index contributed by atoms with van der Waals surface area (Å²) in [5.74, 6) is 0.958. The number of hydrogen-bond donors (Lipinski definition) is 1. The fourth-order valence-corrected chi connectivity index (χ4v) is 1.71. The molecule has 0 amide bonds. The van der Waals surface area contributed by atoms with E-state index in [9.17, 15) is 0 Å². The normalized spacial score (nSPS) is 23.0. The molecule has 1 aromatic rings. The van der Waals surface area contributed by atoms with Gasteiger partial charge in [-0.15, -0.1) is 0 Å². The first-order valence-electron chi connectivity index (χ1n) is 4.89. The van der Waals surface area contributed by atoms with Gasteiger partial charge in [-0.3, -0.25) is 0 Å². The van der Waals surface area contributed by atoms with Crippen LogP contribution in [0.3, 0.4) is 0 Å². The summed E-state index contributed by atoms with van der Waals surface area (Å²) in [6.07, 6.45) is 5.58. The third-order valence-electron chi connectivity index (χ3n) is 2.44. The molecule has 0 unspecified atom stereocenters. The van der Waals surface area contributed by atoms with Crippen LogP contribution in [0.15, 0.2) is 12.3 Å². The Morgan fingerprint density at radius 1 is 1.46 bits per heavy atom. The Hall–Kier alpha value is -0.960. The van der Waals surface area contributed by atoms with E-state index in [1.54, 1.807) is 0 Å². The lowest BCUT2D eigenvalue weighted by atomic mass is 10.0. The van der Waals surface area contributed by atoms with E-state index in [2.05, 4.69) is 15.3 Å².